The number of hydrogen-bond donors (Lipinski definition) is 0. The van der Waals surface area contributed by atoms with E-state index >= 15 is 0 Å². The zero-order valence-electron chi connectivity index (χ0n) is 36.5. The number of nitrogens with zero attached hydrogens (tertiary/aromatic N) is 1. The third-order valence-corrected chi connectivity index (χ3v) is 9.41. The van der Waals surface area contributed by atoms with Crippen LogP contribution in [0.15, 0.2) is 48.5 Å². The number of ether oxygens (including phenoxy) is 13. The van der Waals surface area contributed by atoms with Crippen molar-refractivity contribution in [3.63, 3.8) is 0 Å². The minimum atomic E-state index is -0.365. The maximum absolute atomic E-state index is 12.6. The molecule has 0 saturated heterocycles. The van der Waals surface area contributed by atoms with Crippen LogP contribution in [0.5, 0.6) is 0 Å². The number of carbonyl (C=O) groups is 1. The fraction of sp³-hybridized carbons (Fsp3) is 0.711. The van der Waals surface area contributed by atoms with E-state index in [1.807, 2.05) is 24.3 Å². The fourth-order valence-corrected chi connectivity index (χ4v) is 5.82. The predicted molar refractivity (Wildman–Crippen MR) is 227 cm³/mol. The molecule has 0 heterocycles. The Bertz CT molecular complexity index is 1280. The van der Waals surface area contributed by atoms with Crippen LogP contribution in [0.3, 0.4) is 0 Å². The Balaban J connectivity index is 0.942. The van der Waals surface area contributed by atoms with Gasteiger partial charge in [-0.25, -0.2) is 4.79 Å². The number of carbonyl (C=O) groups excluding carboxylic acids is 1. The molecule has 15 nitrogen and oxygen atoms in total. The van der Waals surface area contributed by atoms with Crippen LogP contribution < -0.4 is 0 Å². The molecule has 15 heteroatoms. The first kappa shape index (κ1) is 51.6. The number of likely N-dealkylation sites (N-methyl/N-ethyl adjacent to an activating group) is 1. The van der Waals surface area contributed by atoms with Crippen molar-refractivity contribution < 1.29 is 66.4 Å². The lowest BCUT2D eigenvalue weighted by molar-refractivity contribution is -0.0287. The number of hydrogen-bond acceptors (Lipinski definition) is 14. The largest absolute Gasteiger partial charge is 0.448 e. The Kier molecular flexibility index (Phi) is 30.8. The average Bonchev–Trinajstić information content (AvgIpc) is 3.59. The molecule has 1 atom stereocenters. The van der Waals surface area contributed by atoms with Crippen molar-refractivity contribution in [2.24, 2.45) is 5.92 Å². The molecule has 0 fully saturated rings. The second-order valence-corrected chi connectivity index (χ2v) is 14.0. The van der Waals surface area contributed by atoms with E-state index in [9.17, 15) is 4.79 Å². The van der Waals surface area contributed by atoms with Crippen molar-refractivity contribution in [3.8, 4) is 11.1 Å². The van der Waals surface area contributed by atoms with Gasteiger partial charge in [0.25, 0.3) is 0 Å². The quantitative estimate of drug-likeness (QED) is 0.0819. The Morgan fingerprint density at radius 3 is 1.12 bits per heavy atom. The average molecular weight is 852 g/mol. The van der Waals surface area contributed by atoms with Gasteiger partial charge in [0.15, 0.2) is 0 Å². The SMILES string of the molecule is CCC(C)COCCOCCOCCOCCOCCOCCOCCOCCOCCOCCOCCOCCN(C)C(=O)OCC1c2ccccc2-c2ccccc21. The third kappa shape index (κ3) is 24.0. The topological polar surface area (TPSA) is 140 Å². The van der Waals surface area contributed by atoms with Gasteiger partial charge in [0.1, 0.15) is 6.61 Å². The molecule has 3 rings (SSSR count). The smallest absolute Gasteiger partial charge is 0.409 e. The van der Waals surface area contributed by atoms with Crippen LogP contribution in [0, 0.1) is 5.92 Å². The standard InChI is InChI=1S/C45H73NO14/c1-4-39(2)37-59-36-35-58-34-33-57-32-31-56-30-29-55-28-27-54-26-25-53-24-23-52-22-21-51-20-19-50-18-17-49-16-15-48-14-13-46(3)45(47)60-38-44-42-11-7-5-9-40(42)41-10-6-8-12-43(41)44/h5-12,39,44H,4,13-38H2,1-3H3. The predicted octanol–water partition coefficient (Wildman–Crippen LogP) is 5.11. The molecule has 2 aromatic carbocycles. The minimum absolute atomic E-state index is 0.0371. The molecule has 0 spiro atoms. The summed E-state index contributed by atoms with van der Waals surface area (Å²) in [7, 11) is 1.71. The fourth-order valence-electron chi connectivity index (χ4n) is 5.82. The Morgan fingerprint density at radius 1 is 0.483 bits per heavy atom. The Morgan fingerprint density at radius 2 is 0.783 bits per heavy atom. The summed E-state index contributed by atoms with van der Waals surface area (Å²) in [4.78, 5) is 14.2. The van der Waals surface area contributed by atoms with Gasteiger partial charge in [0.05, 0.1) is 152 Å². The van der Waals surface area contributed by atoms with Crippen molar-refractivity contribution in [2.45, 2.75) is 26.2 Å². The van der Waals surface area contributed by atoms with Gasteiger partial charge in [-0.1, -0.05) is 68.8 Å². The van der Waals surface area contributed by atoms with E-state index in [-0.39, 0.29) is 12.0 Å². The van der Waals surface area contributed by atoms with E-state index in [1.165, 1.54) is 27.2 Å². The van der Waals surface area contributed by atoms with Crippen LogP contribution in [0.1, 0.15) is 37.3 Å². The zero-order chi connectivity index (χ0) is 42.6. The third-order valence-electron chi connectivity index (χ3n) is 9.41. The molecule has 0 aliphatic heterocycles. The van der Waals surface area contributed by atoms with Gasteiger partial charge >= 0.3 is 6.09 Å². The molecule has 1 aliphatic carbocycles. The van der Waals surface area contributed by atoms with Crippen molar-refractivity contribution in [3.05, 3.63) is 59.7 Å². The van der Waals surface area contributed by atoms with Crippen LogP contribution in [-0.2, 0) is 61.6 Å². The van der Waals surface area contributed by atoms with Crippen molar-refractivity contribution in [1.82, 2.24) is 4.90 Å². The lowest BCUT2D eigenvalue weighted by Gasteiger charge is -2.19. The summed E-state index contributed by atoms with van der Waals surface area (Å²) in [6.45, 7) is 17.4. The van der Waals surface area contributed by atoms with Crippen LogP contribution in [-0.4, -0.2) is 190 Å². The number of rotatable bonds is 41. The van der Waals surface area contributed by atoms with E-state index in [0.717, 1.165) is 13.0 Å². The van der Waals surface area contributed by atoms with E-state index in [2.05, 4.69) is 38.1 Å². The summed E-state index contributed by atoms with van der Waals surface area (Å²) in [6, 6.07) is 16.6. The highest BCUT2D eigenvalue weighted by molar-refractivity contribution is 5.79. The summed E-state index contributed by atoms with van der Waals surface area (Å²) in [6.07, 6.45) is 0.763. The van der Waals surface area contributed by atoms with E-state index in [4.69, 9.17) is 61.6 Å². The maximum Gasteiger partial charge on any atom is 0.409 e. The molecule has 0 N–H and O–H groups in total. The molecule has 342 valence electrons. The van der Waals surface area contributed by atoms with Crippen molar-refractivity contribution in [1.29, 1.82) is 0 Å². The Hall–Kier alpha value is -2.77. The van der Waals surface area contributed by atoms with Crippen LogP contribution in [0.25, 0.3) is 11.1 Å². The molecule has 0 saturated carbocycles. The van der Waals surface area contributed by atoms with E-state index in [1.54, 1.807) is 7.05 Å². The van der Waals surface area contributed by atoms with Gasteiger partial charge in [-0.15, -0.1) is 0 Å². The van der Waals surface area contributed by atoms with Gasteiger partial charge in [-0.05, 0) is 28.2 Å². The molecular weight excluding hydrogens is 778 g/mol. The van der Waals surface area contributed by atoms with Gasteiger partial charge < -0.3 is 66.5 Å². The molecule has 0 radical (unpaired) electrons. The highest BCUT2D eigenvalue weighted by atomic mass is 16.6. The summed E-state index contributed by atoms with van der Waals surface area (Å²) in [5.74, 6) is 0.628. The molecule has 0 aromatic heterocycles. The van der Waals surface area contributed by atoms with Gasteiger partial charge in [0.2, 0.25) is 0 Å². The summed E-state index contributed by atoms with van der Waals surface area (Å²) < 4.78 is 72.0. The van der Waals surface area contributed by atoms with Crippen LogP contribution in [0.4, 0.5) is 4.79 Å². The Labute approximate surface area is 358 Å². The molecule has 0 bridgehead atoms. The zero-order valence-corrected chi connectivity index (χ0v) is 36.5. The highest BCUT2D eigenvalue weighted by Crippen LogP contribution is 2.44. The summed E-state index contributed by atoms with van der Waals surface area (Å²) in [5, 5.41) is 0. The number of fused-ring (bicyclic) bond motifs is 3. The van der Waals surface area contributed by atoms with Crippen molar-refractivity contribution >= 4 is 6.09 Å². The summed E-state index contributed by atoms with van der Waals surface area (Å²) in [5.41, 5.74) is 4.80. The minimum Gasteiger partial charge on any atom is -0.448 e. The lowest BCUT2D eigenvalue weighted by atomic mass is 9.98. The van der Waals surface area contributed by atoms with Gasteiger partial charge in [-0.3, -0.25) is 0 Å². The maximum atomic E-state index is 12.6. The first-order valence-electron chi connectivity index (χ1n) is 21.6. The normalized spacial score (nSPS) is 12.8. The second kappa shape index (κ2) is 35.8. The van der Waals surface area contributed by atoms with Crippen LogP contribution in [0.2, 0.25) is 0 Å². The van der Waals surface area contributed by atoms with Crippen LogP contribution >= 0.6 is 0 Å². The first-order chi connectivity index (χ1) is 29.6. The number of amides is 1. The van der Waals surface area contributed by atoms with Gasteiger partial charge in [0, 0.05) is 26.1 Å². The molecule has 1 aliphatic rings. The van der Waals surface area contributed by atoms with E-state index in [0.29, 0.717) is 171 Å². The second-order valence-electron chi connectivity index (χ2n) is 14.0. The lowest BCUT2D eigenvalue weighted by Crippen LogP contribution is -2.32. The van der Waals surface area contributed by atoms with E-state index < -0.39 is 0 Å². The number of benzene rings is 2. The molecule has 1 unspecified atom stereocenters. The molecule has 2 aromatic rings. The highest BCUT2D eigenvalue weighted by Gasteiger charge is 2.29. The first-order valence-corrected chi connectivity index (χ1v) is 21.6. The molecular formula is C45H73NO14. The molecule has 60 heavy (non-hydrogen) atoms. The monoisotopic (exact) mass is 852 g/mol. The molecule has 1 amide bonds. The van der Waals surface area contributed by atoms with Crippen molar-refractivity contribution in [2.75, 3.05) is 179 Å². The van der Waals surface area contributed by atoms with Gasteiger partial charge in [-0.2, -0.15) is 0 Å². The summed E-state index contributed by atoms with van der Waals surface area (Å²) >= 11 is 0.